The van der Waals surface area contributed by atoms with Crippen LogP contribution in [0.15, 0.2) is 77.7 Å². The Morgan fingerprint density at radius 2 is 1.74 bits per heavy atom. The zero-order valence-electron chi connectivity index (χ0n) is 14.1. The van der Waals surface area contributed by atoms with Crippen molar-refractivity contribution in [3.63, 3.8) is 0 Å². The maximum Gasteiger partial charge on any atom is 0.266 e. The molecule has 0 bridgehead atoms. The van der Waals surface area contributed by atoms with Crippen LogP contribution in [0.1, 0.15) is 11.1 Å². The molecule has 0 atom stereocenters. The van der Waals surface area contributed by atoms with Crippen molar-refractivity contribution in [1.29, 1.82) is 0 Å². The maximum absolute atomic E-state index is 13.7. The van der Waals surface area contributed by atoms with Crippen molar-refractivity contribution in [2.75, 3.05) is 4.31 Å². The molecule has 6 heteroatoms. The Kier molecular flexibility index (Phi) is 5.50. The van der Waals surface area contributed by atoms with Crippen LogP contribution in [-0.4, -0.2) is 8.42 Å². The van der Waals surface area contributed by atoms with Gasteiger partial charge >= 0.3 is 0 Å². The molecule has 0 N–H and O–H groups in total. The van der Waals surface area contributed by atoms with Crippen molar-refractivity contribution >= 4 is 27.3 Å². The van der Waals surface area contributed by atoms with Gasteiger partial charge in [-0.1, -0.05) is 53.9 Å². The lowest BCUT2D eigenvalue weighted by molar-refractivity contribution is 0.586. The van der Waals surface area contributed by atoms with E-state index in [0.29, 0.717) is 11.3 Å². The third kappa shape index (κ3) is 4.13. The molecule has 3 aromatic rings. The molecule has 27 heavy (non-hydrogen) atoms. The van der Waals surface area contributed by atoms with Gasteiger partial charge in [0.1, 0.15) is 10.7 Å². The highest BCUT2D eigenvalue weighted by Gasteiger charge is 2.28. The molecule has 0 spiro atoms. The molecule has 0 unspecified atom stereocenters. The number of benzene rings is 3. The van der Waals surface area contributed by atoms with Gasteiger partial charge in [0.25, 0.3) is 10.0 Å². The molecule has 0 heterocycles. The number of nitrogens with zero attached hydrogens (tertiary/aromatic N) is 1. The highest BCUT2D eigenvalue weighted by Crippen LogP contribution is 2.31. The second kappa shape index (κ2) is 7.83. The first-order valence-electron chi connectivity index (χ1n) is 8.00. The van der Waals surface area contributed by atoms with Crippen LogP contribution in [0, 0.1) is 18.2 Å². The van der Waals surface area contributed by atoms with Crippen molar-refractivity contribution in [3.8, 4) is 12.3 Å². The fraction of sp³-hybridized carbons (Fsp3) is 0.0476. The Labute approximate surface area is 163 Å². The first-order valence-corrected chi connectivity index (χ1v) is 9.82. The zero-order chi connectivity index (χ0) is 19.4. The highest BCUT2D eigenvalue weighted by molar-refractivity contribution is 7.93. The zero-order valence-corrected chi connectivity index (χ0v) is 15.7. The molecule has 0 saturated heterocycles. The van der Waals surface area contributed by atoms with Gasteiger partial charge < -0.3 is 0 Å². The van der Waals surface area contributed by atoms with Crippen LogP contribution in [0.2, 0.25) is 5.02 Å². The van der Waals surface area contributed by atoms with Gasteiger partial charge in [-0.3, -0.25) is 4.31 Å². The Bertz CT molecular complexity index is 1110. The summed E-state index contributed by atoms with van der Waals surface area (Å²) in [6.45, 7) is 0.0457. The molecule has 0 aliphatic heterocycles. The van der Waals surface area contributed by atoms with Gasteiger partial charge in [0, 0.05) is 5.56 Å². The fourth-order valence-corrected chi connectivity index (χ4v) is 4.54. The molecule has 0 aliphatic carbocycles. The predicted molar refractivity (Wildman–Crippen MR) is 106 cm³/mol. The number of hydrogen-bond acceptors (Lipinski definition) is 2. The van der Waals surface area contributed by atoms with E-state index < -0.39 is 15.8 Å². The second-order valence-electron chi connectivity index (χ2n) is 5.77. The highest BCUT2D eigenvalue weighted by atomic mass is 35.5. The molecule has 3 nitrogen and oxygen atoms in total. The molecule has 0 aliphatic rings. The average molecular weight is 400 g/mol. The van der Waals surface area contributed by atoms with Crippen LogP contribution < -0.4 is 4.31 Å². The summed E-state index contributed by atoms with van der Waals surface area (Å²) in [5.74, 6) is 1.81. The van der Waals surface area contributed by atoms with Crippen molar-refractivity contribution < 1.29 is 12.8 Å². The van der Waals surface area contributed by atoms with E-state index in [1.165, 1.54) is 10.4 Å². The van der Waals surface area contributed by atoms with E-state index in [9.17, 15) is 12.8 Å². The van der Waals surface area contributed by atoms with E-state index >= 15 is 0 Å². The van der Waals surface area contributed by atoms with Gasteiger partial charge in [0.2, 0.25) is 0 Å². The van der Waals surface area contributed by atoms with Gasteiger partial charge in [0.15, 0.2) is 0 Å². The van der Waals surface area contributed by atoms with Crippen molar-refractivity contribution in [3.05, 3.63) is 94.8 Å². The van der Waals surface area contributed by atoms with E-state index in [2.05, 4.69) is 5.92 Å². The molecule has 3 aromatic carbocycles. The van der Waals surface area contributed by atoms with E-state index in [-0.39, 0.29) is 16.5 Å². The Hall–Kier alpha value is -2.81. The lowest BCUT2D eigenvalue weighted by Crippen LogP contribution is -2.31. The molecule has 0 aromatic heterocycles. The van der Waals surface area contributed by atoms with E-state index in [1.54, 1.807) is 36.4 Å². The van der Waals surface area contributed by atoms with Gasteiger partial charge in [-0.15, -0.1) is 6.42 Å². The standard InChI is InChI=1S/C21H15ClFNO2S/c1-2-16-9-6-10-19(13-16)24(15-17-7-4-3-5-8-17)27(25,26)21-14-18(23)11-12-20(21)22/h1,3-14H,15H2. The second-order valence-corrected chi connectivity index (χ2v) is 8.00. The fourth-order valence-electron chi connectivity index (χ4n) is 2.61. The summed E-state index contributed by atoms with van der Waals surface area (Å²) in [6, 6.07) is 18.9. The molecule has 0 fully saturated rings. The molecule has 136 valence electrons. The Balaban J connectivity index is 2.16. The van der Waals surface area contributed by atoms with Crippen molar-refractivity contribution in [2.45, 2.75) is 11.4 Å². The van der Waals surface area contributed by atoms with Gasteiger partial charge in [-0.2, -0.15) is 0 Å². The van der Waals surface area contributed by atoms with Crippen LogP contribution >= 0.6 is 11.6 Å². The van der Waals surface area contributed by atoms with Crippen LogP contribution in [0.25, 0.3) is 0 Å². The van der Waals surface area contributed by atoms with Crippen molar-refractivity contribution in [2.24, 2.45) is 0 Å². The number of halogens is 2. The Morgan fingerprint density at radius 3 is 2.44 bits per heavy atom. The van der Waals surface area contributed by atoms with Crippen LogP contribution in [-0.2, 0) is 16.6 Å². The van der Waals surface area contributed by atoms with Crippen LogP contribution in [0.4, 0.5) is 10.1 Å². The number of hydrogen-bond donors (Lipinski definition) is 0. The Morgan fingerprint density at radius 1 is 1.00 bits per heavy atom. The summed E-state index contributed by atoms with van der Waals surface area (Å²) in [5, 5.41) is -0.0532. The minimum absolute atomic E-state index is 0.0457. The summed E-state index contributed by atoms with van der Waals surface area (Å²) in [7, 11) is -4.14. The monoisotopic (exact) mass is 399 g/mol. The molecular weight excluding hydrogens is 385 g/mol. The lowest BCUT2D eigenvalue weighted by atomic mass is 10.2. The van der Waals surface area contributed by atoms with Crippen LogP contribution in [0.3, 0.4) is 0 Å². The van der Waals surface area contributed by atoms with Gasteiger partial charge in [-0.05, 0) is 42.0 Å². The number of anilines is 1. The summed E-state index contributed by atoms with van der Waals surface area (Å²) in [4.78, 5) is -0.300. The summed E-state index contributed by atoms with van der Waals surface area (Å²) >= 11 is 6.07. The average Bonchev–Trinajstić information content (AvgIpc) is 2.68. The van der Waals surface area contributed by atoms with Gasteiger partial charge in [0.05, 0.1) is 17.3 Å². The van der Waals surface area contributed by atoms with Crippen LogP contribution in [0.5, 0.6) is 0 Å². The third-order valence-corrected chi connectivity index (χ3v) is 6.19. The summed E-state index contributed by atoms with van der Waals surface area (Å²) < 4.78 is 41.6. The smallest absolute Gasteiger partial charge is 0.262 e. The number of terminal acetylenes is 1. The summed E-state index contributed by atoms with van der Waals surface area (Å²) in [6.07, 6.45) is 5.45. The van der Waals surface area contributed by atoms with Crippen molar-refractivity contribution in [1.82, 2.24) is 0 Å². The van der Waals surface area contributed by atoms with Gasteiger partial charge in [-0.25, -0.2) is 12.8 Å². The normalized spacial score (nSPS) is 11.0. The quantitative estimate of drug-likeness (QED) is 0.575. The third-order valence-electron chi connectivity index (χ3n) is 3.93. The van der Waals surface area contributed by atoms with E-state index in [1.807, 2.05) is 18.2 Å². The van der Waals surface area contributed by atoms with E-state index in [4.69, 9.17) is 18.0 Å². The summed E-state index contributed by atoms with van der Waals surface area (Å²) in [5.41, 5.74) is 1.67. The first-order chi connectivity index (χ1) is 12.9. The molecule has 3 rings (SSSR count). The molecule has 0 amide bonds. The topological polar surface area (TPSA) is 37.4 Å². The number of sulfonamides is 1. The minimum Gasteiger partial charge on any atom is -0.262 e. The lowest BCUT2D eigenvalue weighted by Gasteiger charge is -2.25. The molecular formula is C21H15ClFNO2S. The molecule has 0 saturated carbocycles. The minimum atomic E-state index is -4.14. The number of rotatable bonds is 5. The first kappa shape index (κ1) is 19.0. The maximum atomic E-state index is 13.7. The molecule has 0 radical (unpaired) electrons. The van der Waals surface area contributed by atoms with E-state index in [0.717, 1.165) is 17.7 Å². The predicted octanol–water partition coefficient (Wildman–Crippen LogP) is 4.86. The SMILES string of the molecule is C#Cc1cccc(N(Cc2ccccc2)S(=O)(=O)c2cc(F)ccc2Cl)c1. The largest absolute Gasteiger partial charge is 0.266 e.